The van der Waals surface area contributed by atoms with Crippen molar-refractivity contribution in [3.05, 3.63) is 10.6 Å². The molecule has 4 nitrogen and oxygen atoms in total. The minimum Gasteiger partial charge on any atom is -0.344 e. The first-order chi connectivity index (χ1) is 10.2. The second-order valence-corrected chi connectivity index (χ2v) is 7.12. The van der Waals surface area contributed by atoms with Crippen molar-refractivity contribution in [1.82, 2.24) is 15.2 Å². The van der Waals surface area contributed by atoms with Gasteiger partial charge >= 0.3 is 0 Å². The van der Waals surface area contributed by atoms with E-state index >= 15 is 0 Å². The molecule has 0 amide bonds. The van der Waals surface area contributed by atoms with Gasteiger partial charge in [0.2, 0.25) is 0 Å². The maximum atomic E-state index is 4.86. The predicted molar refractivity (Wildman–Crippen MR) is 92.4 cm³/mol. The van der Waals surface area contributed by atoms with Crippen LogP contribution in [0.3, 0.4) is 0 Å². The Hall–Kier alpha value is -0.650. The molecule has 1 atom stereocenters. The molecule has 1 aromatic rings. The summed E-state index contributed by atoms with van der Waals surface area (Å²) in [6.45, 7) is 12.2. The minimum atomic E-state index is 0.597. The molecule has 0 saturated carbocycles. The number of aryl methyl sites for hydroxylation is 1. The van der Waals surface area contributed by atoms with E-state index < -0.39 is 0 Å². The van der Waals surface area contributed by atoms with Gasteiger partial charge < -0.3 is 15.1 Å². The van der Waals surface area contributed by atoms with Crippen molar-refractivity contribution in [2.45, 2.75) is 52.6 Å². The van der Waals surface area contributed by atoms with E-state index in [1.54, 1.807) is 0 Å². The van der Waals surface area contributed by atoms with E-state index in [-0.39, 0.29) is 0 Å². The molecule has 2 heterocycles. The summed E-state index contributed by atoms with van der Waals surface area (Å²) in [7, 11) is 2.24. The zero-order chi connectivity index (χ0) is 15.2. The van der Waals surface area contributed by atoms with Crippen LogP contribution in [-0.4, -0.2) is 49.2 Å². The summed E-state index contributed by atoms with van der Waals surface area (Å²) in [4.78, 5) is 11.3. The lowest BCUT2D eigenvalue weighted by atomic mass is 10.2. The Labute approximate surface area is 133 Å². The predicted octanol–water partition coefficient (Wildman–Crippen LogP) is 2.87. The van der Waals surface area contributed by atoms with E-state index in [9.17, 15) is 0 Å². The number of nitrogens with zero attached hydrogens (tertiary/aromatic N) is 3. The van der Waals surface area contributed by atoms with Crippen molar-refractivity contribution in [2.75, 3.05) is 38.1 Å². The second kappa shape index (κ2) is 8.11. The van der Waals surface area contributed by atoms with Gasteiger partial charge in [0.15, 0.2) is 5.13 Å². The van der Waals surface area contributed by atoms with Crippen molar-refractivity contribution in [2.24, 2.45) is 0 Å². The van der Waals surface area contributed by atoms with Crippen LogP contribution in [0.5, 0.6) is 0 Å². The van der Waals surface area contributed by atoms with Gasteiger partial charge in [-0.15, -0.1) is 11.3 Å². The van der Waals surface area contributed by atoms with Crippen LogP contribution >= 0.6 is 11.3 Å². The van der Waals surface area contributed by atoms with Crippen LogP contribution in [0.25, 0.3) is 0 Å². The SMILES string of the molecule is CCCNCc1sc(N2CCCN(C)CC2CC)nc1C. The highest BCUT2D eigenvalue weighted by atomic mass is 32.1. The third-order valence-electron chi connectivity index (χ3n) is 4.21. The number of likely N-dealkylation sites (N-methyl/N-ethyl adjacent to an activating group) is 1. The molecule has 1 aromatic heterocycles. The van der Waals surface area contributed by atoms with Crippen molar-refractivity contribution in [1.29, 1.82) is 0 Å². The zero-order valence-electron chi connectivity index (χ0n) is 14.0. The minimum absolute atomic E-state index is 0.597. The quantitative estimate of drug-likeness (QED) is 0.819. The molecule has 1 N–H and O–H groups in total. The van der Waals surface area contributed by atoms with Gasteiger partial charge in [0.05, 0.1) is 5.69 Å². The molecule has 120 valence electrons. The molecule has 0 bridgehead atoms. The molecule has 1 aliphatic rings. The average molecular weight is 311 g/mol. The highest BCUT2D eigenvalue weighted by molar-refractivity contribution is 7.15. The number of aromatic nitrogens is 1. The second-order valence-electron chi connectivity index (χ2n) is 6.05. The highest BCUT2D eigenvalue weighted by Crippen LogP contribution is 2.29. The van der Waals surface area contributed by atoms with Crippen LogP contribution in [-0.2, 0) is 6.54 Å². The van der Waals surface area contributed by atoms with Crippen molar-refractivity contribution >= 4 is 16.5 Å². The lowest BCUT2D eigenvalue weighted by Gasteiger charge is -2.29. The first-order valence-electron chi connectivity index (χ1n) is 8.27. The molecule has 0 aliphatic carbocycles. The summed E-state index contributed by atoms with van der Waals surface area (Å²) in [5.41, 5.74) is 1.20. The van der Waals surface area contributed by atoms with E-state index in [0.29, 0.717) is 6.04 Å². The molecule has 1 saturated heterocycles. The Morgan fingerprint density at radius 1 is 1.33 bits per heavy atom. The molecular formula is C16H30N4S. The summed E-state index contributed by atoms with van der Waals surface area (Å²) >= 11 is 1.88. The van der Waals surface area contributed by atoms with E-state index in [4.69, 9.17) is 4.98 Å². The topological polar surface area (TPSA) is 31.4 Å². The van der Waals surface area contributed by atoms with Gasteiger partial charge in [0.1, 0.15) is 0 Å². The van der Waals surface area contributed by atoms with E-state index in [0.717, 1.165) is 26.2 Å². The Morgan fingerprint density at radius 2 is 2.14 bits per heavy atom. The van der Waals surface area contributed by atoms with Gasteiger partial charge in [-0.25, -0.2) is 4.98 Å². The van der Waals surface area contributed by atoms with Crippen LogP contribution in [0.1, 0.15) is 43.7 Å². The van der Waals surface area contributed by atoms with Crippen LogP contribution in [0.2, 0.25) is 0 Å². The third-order valence-corrected chi connectivity index (χ3v) is 5.41. The first kappa shape index (κ1) is 16.7. The Morgan fingerprint density at radius 3 is 2.86 bits per heavy atom. The van der Waals surface area contributed by atoms with Crippen molar-refractivity contribution in [3.8, 4) is 0 Å². The summed E-state index contributed by atoms with van der Waals surface area (Å²) in [6.07, 6.45) is 3.60. The Bertz CT molecular complexity index is 432. The van der Waals surface area contributed by atoms with E-state index in [1.165, 1.54) is 41.5 Å². The summed E-state index contributed by atoms with van der Waals surface area (Å²) in [6, 6.07) is 0.597. The van der Waals surface area contributed by atoms with Gasteiger partial charge in [-0.05, 0) is 46.3 Å². The molecule has 21 heavy (non-hydrogen) atoms. The molecular weight excluding hydrogens is 280 g/mol. The van der Waals surface area contributed by atoms with Gasteiger partial charge in [0, 0.05) is 30.6 Å². The van der Waals surface area contributed by atoms with Gasteiger partial charge in [-0.3, -0.25) is 0 Å². The van der Waals surface area contributed by atoms with Crippen LogP contribution in [0.15, 0.2) is 0 Å². The average Bonchev–Trinajstić information content (AvgIpc) is 2.71. The van der Waals surface area contributed by atoms with Crippen molar-refractivity contribution < 1.29 is 0 Å². The maximum Gasteiger partial charge on any atom is 0.186 e. The summed E-state index contributed by atoms with van der Waals surface area (Å²) < 4.78 is 0. The lowest BCUT2D eigenvalue weighted by molar-refractivity contribution is 0.328. The normalized spacial score (nSPS) is 20.8. The third kappa shape index (κ3) is 4.41. The largest absolute Gasteiger partial charge is 0.344 e. The maximum absolute atomic E-state index is 4.86. The Balaban J connectivity index is 2.10. The molecule has 1 aliphatic heterocycles. The first-order valence-corrected chi connectivity index (χ1v) is 9.09. The van der Waals surface area contributed by atoms with Gasteiger partial charge in [0.25, 0.3) is 0 Å². The zero-order valence-corrected chi connectivity index (χ0v) is 14.8. The lowest BCUT2D eigenvalue weighted by Crippen LogP contribution is -2.39. The standard InChI is InChI=1S/C16H30N4S/c1-5-8-17-11-15-13(3)18-16(21-15)20-10-7-9-19(4)12-14(20)6-2/h14,17H,5-12H2,1-4H3. The number of rotatable bonds is 6. The fourth-order valence-electron chi connectivity index (χ4n) is 2.92. The summed E-state index contributed by atoms with van der Waals surface area (Å²) in [5.74, 6) is 0. The molecule has 1 unspecified atom stereocenters. The number of anilines is 1. The molecule has 1 fully saturated rings. The summed E-state index contributed by atoms with van der Waals surface area (Å²) in [5, 5.41) is 4.72. The van der Waals surface area contributed by atoms with E-state index in [2.05, 4.69) is 42.9 Å². The molecule has 0 aromatic carbocycles. The van der Waals surface area contributed by atoms with E-state index in [1.807, 2.05) is 11.3 Å². The highest BCUT2D eigenvalue weighted by Gasteiger charge is 2.25. The number of hydrogen-bond acceptors (Lipinski definition) is 5. The monoisotopic (exact) mass is 310 g/mol. The molecule has 2 rings (SSSR count). The van der Waals surface area contributed by atoms with Crippen LogP contribution in [0, 0.1) is 6.92 Å². The molecule has 0 radical (unpaired) electrons. The van der Waals surface area contributed by atoms with Gasteiger partial charge in [-0.1, -0.05) is 13.8 Å². The molecule has 0 spiro atoms. The number of hydrogen-bond donors (Lipinski definition) is 1. The fourth-order valence-corrected chi connectivity index (χ4v) is 4.05. The Kier molecular flexibility index (Phi) is 6.45. The van der Waals surface area contributed by atoms with Crippen LogP contribution < -0.4 is 10.2 Å². The smallest absolute Gasteiger partial charge is 0.186 e. The van der Waals surface area contributed by atoms with Crippen LogP contribution in [0.4, 0.5) is 5.13 Å². The fraction of sp³-hybridized carbons (Fsp3) is 0.812. The van der Waals surface area contributed by atoms with Gasteiger partial charge in [-0.2, -0.15) is 0 Å². The van der Waals surface area contributed by atoms with Crippen molar-refractivity contribution in [3.63, 3.8) is 0 Å². The number of nitrogens with one attached hydrogen (secondary N) is 1. The molecule has 5 heteroatoms. The number of thiazole rings is 1.